The molecule has 0 saturated heterocycles. The Morgan fingerprint density at radius 3 is 2.78 bits per heavy atom. The molecule has 0 aliphatic carbocycles. The second kappa shape index (κ2) is 7.86. The Labute approximate surface area is 153 Å². The van der Waals surface area contributed by atoms with E-state index < -0.39 is 6.61 Å². The zero-order valence-corrected chi connectivity index (χ0v) is 14.2. The Hall–Kier alpha value is -3.42. The summed E-state index contributed by atoms with van der Waals surface area (Å²) in [6.45, 7) is -3.02. The molecule has 0 bridgehead atoms. The van der Waals surface area contributed by atoms with E-state index >= 15 is 0 Å². The van der Waals surface area contributed by atoms with Crippen LogP contribution < -0.4 is 19.5 Å². The van der Waals surface area contributed by atoms with E-state index in [1.165, 1.54) is 43.5 Å². The number of rotatable bonds is 6. The number of alkyl halides is 2. The number of amides is 1. The molecular formula is C19H15F2NO5. The first-order valence-electron chi connectivity index (χ1n) is 7.88. The van der Waals surface area contributed by atoms with Gasteiger partial charge in [0.2, 0.25) is 0 Å². The molecule has 0 radical (unpaired) electrons. The van der Waals surface area contributed by atoms with Crippen LogP contribution in [0, 0.1) is 0 Å². The van der Waals surface area contributed by atoms with E-state index in [2.05, 4.69) is 10.1 Å². The van der Waals surface area contributed by atoms with Gasteiger partial charge in [-0.05, 0) is 42.0 Å². The Kier molecular flexibility index (Phi) is 5.35. The Morgan fingerprint density at radius 1 is 1.22 bits per heavy atom. The second-order valence-electron chi connectivity index (χ2n) is 5.53. The molecule has 1 aliphatic rings. The lowest BCUT2D eigenvalue weighted by atomic mass is 10.1. The first-order chi connectivity index (χ1) is 13.0. The maximum Gasteiger partial charge on any atom is 0.387 e. The van der Waals surface area contributed by atoms with E-state index in [1.54, 1.807) is 12.1 Å². The number of ketones is 1. The monoisotopic (exact) mass is 375 g/mol. The van der Waals surface area contributed by atoms with Crippen molar-refractivity contribution in [3.05, 3.63) is 53.6 Å². The average molecular weight is 375 g/mol. The Morgan fingerprint density at radius 2 is 2.04 bits per heavy atom. The fourth-order valence-electron chi connectivity index (χ4n) is 2.49. The highest BCUT2D eigenvalue weighted by Gasteiger charge is 2.17. The number of halogens is 2. The molecule has 2 aromatic carbocycles. The van der Waals surface area contributed by atoms with Gasteiger partial charge in [-0.15, -0.1) is 0 Å². The smallest absolute Gasteiger partial charge is 0.387 e. The molecule has 140 valence electrons. The van der Waals surface area contributed by atoms with Crippen molar-refractivity contribution in [3.63, 3.8) is 0 Å². The average Bonchev–Trinajstić information content (AvgIpc) is 2.65. The van der Waals surface area contributed by atoms with E-state index in [4.69, 9.17) is 9.47 Å². The second-order valence-corrected chi connectivity index (χ2v) is 5.53. The van der Waals surface area contributed by atoms with Crippen LogP contribution in [-0.4, -0.2) is 32.0 Å². The van der Waals surface area contributed by atoms with Crippen molar-refractivity contribution < 1.29 is 32.6 Å². The third kappa shape index (κ3) is 4.41. The highest BCUT2D eigenvalue weighted by Crippen LogP contribution is 2.31. The number of carbonyl (C=O) groups excluding carboxylic acids is 2. The first kappa shape index (κ1) is 18.4. The molecule has 0 spiro atoms. The van der Waals surface area contributed by atoms with Crippen molar-refractivity contribution in [2.75, 3.05) is 19.0 Å². The number of nitrogens with one attached hydrogen (secondary N) is 1. The van der Waals surface area contributed by atoms with Gasteiger partial charge >= 0.3 is 6.61 Å². The number of fused-ring (bicyclic) bond motifs is 1. The van der Waals surface area contributed by atoms with Gasteiger partial charge in [0.05, 0.1) is 12.8 Å². The van der Waals surface area contributed by atoms with E-state index in [0.29, 0.717) is 22.6 Å². The molecule has 0 fully saturated rings. The van der Waals surface area contributed by atoms with Gasteiger partial charge < -0.3 is 19.5 Å². The molecule has 1 heterocycles. The predicted octanol–water partition coefficient (Wildman–Crippen LogP) is 3.52. The molecule has 3 rings (SSSR count). The third-order valence-corrected chi connectivity index (χ3v) is 3.73. The maximum absolute atomic E-state index is 12.4. The van der Waals surface area contributed by atoms with Crippen molar-refractivity contribution in [1.29, 1.82) is 0 Å². The minimum absolute atomic E-state index is 0.0622. The van der Waals surface area contributed by atoms with Crippen molar-refractivity contribution >= 4 is 23.5 Å². The molecule has 1 aliphatic heterocycles. The number of methoxy groups -OCH3 is 1. The van der Waals surface area contributed by atoms with E-state index in [-0.39, 0.29) is 29.8 Å². The molecule has 0 aromatic heterocycles. The Balaban J connectivity index is 1.77. The van der Waals surface area contributed by atoms with Crippen LogP contribution >= 0.6 is 0 Å². The fourth-order valence-corrected chi connectivity index (χ4v) is 2.49. The molecule has 6 nitrogen and oxygen atoms in total. The van der Waals surface area contributed by atoms with Gasteiger partial charge in [0, 0.05) is 5.56 Å². The van der Waals surface area contributed by atoms with Gasteiger partial charge in [-0.3, -0.25) is 9.59 Å². The molecule has 0 atom stereocenters. The number of allylic oxidation sites excluding steroid dienone is 1. The standard InChI is InChI=1S/C19H15F2NO5/c1-25-17-8-11(3-6-16(17)27-19(20)21)2-5-14(23)12-4-7-15-13(9-12)22-18(24)10-26-15/h2-9,19H,10H2,1H3,(H,22,24)/b5-2+. The lowest BCUT2D eigenvalue weighted by Crippen LogP contribution is -2.25. The quantitative estimate of drug-likeness (QED) is 0.618. The van der Waals surface area contributed by atoms with Crippen molar-refractivity contribution in [2.24, 2.45) is 0 Å². The highest BCUT2D eigenvalue weighted by molar-refractivity contribution is 6.08. The summed E-state index contributed by atoms with van der Waals surface area (Å²) in [5, 5.41) is 2.63. The molecular weight excluding hydrogens is 360 g/mol. The fraction of sp³-hybridized carbons (Fsp3) is 0.158. The normalized spacial score (nSPS) is 13.1. The summed E-state index contributed by atoms with van der Waals surface area (Å²) in [6, 6.07) is 9.05. The summed E-state index contributed by atoms with van der Waals surface area (Å²) >= 11 is 0. The summed E-state index contributed by atoms with van der Waals surface area (Å²) in [5.41, 5.74) is 1.36. The van der Waals surface area contributed by atoms with E-state index in [9.17, 15) is 18.4 Å². The van der Waals surface area contributed by atoms with Crippen molar-refractivity contribution in [2.45, 2.75) is 6.61 Å². The molecule has 0 saturated carbocycles. The maximum atomic E-state index is 12.4. The van der Waals surface area contributed by atoms with Gasteiger partial charge in [-0.1, -0.05) is 12.1 Å². The number of benzene rings is 2. The predicted molar refractivity (Wildman–Crippen MR) is 93.6 cm³/mol. The lowest BCUT2D eigenvalue weighted by molar-refractivity contribution is -0.118. The van der Waals surface area contributed by atoms with Gasteiger partial charge in [-0.25, -0.2) is 0 Å². The summed E-state index contributed by atoms with van der Waals surface area (Å²) in [5.74, 6) is -0.0697. The van der Waals surface area contributed by atoms with Crippen LogP contribution in [0.5, 0.6) is 17.2 Å². The van der Waals surface area contributed by atoms with Gasteiger partial charge in [0.15, 0.2) is 23.9 Å². The van der Waals surface area contributed by atoms with Crippen LogP contribution in [0.3, 0.4) is 0 Å². The van der Waals surface area contributed by atoms with E-state index in [0.717, 1.165) is 0 Å². The third-order valence-electron chi connectivity index (χ3n) is 3.73. The molecule has 0 unspecified atom stereocenters. The first-order valence-corrected chi connectivity index (χ1v) is 7.88. The van der Waals surface area contributed by atoms with Crippen LogP contribution in [-0.2, 0) is 4.79 Å². The number of carbonyl (C=O) groups is 2. The molecule has 1 N–H and O–H groups in total. The summed E-state index contributed by atoms with van der Waals surface area (Å²) in [7, 11) is 1.33. The topological polar surface area (TPSA) is 73.9 Å². The SMILES string of the molecule is COc1cc(/C=C/C(=O)c2ccc3c(c2)NC(=O)CO3)ccc1OC(F)F. The van der Waals surface area contributed by atoms with Crippen LogP contribution in [0.15, 0.2) is 42.5 Å². The van der Waals surface area contributed by atoms with Crippen LogP contribution in [0.4, 0.5) is 14.5 Å². The summed E-state index contributed by atoms with van der Waals surface area (Å²) in [6.07, 6.45) is 2.85. The van der Waals surface area contributed by atoms with Gasteiger partial charge in [0.25, 0.3) is 5.91 Å². The minimum Gasteiger partial charge on any atom is -0.493 e. The number of anilines is 1. The van der Waals surface area contributed by atoms with E-state index in [1.807, 2.05) is 0 Å². The van der Waals surface area contributed by atoms with Crippen LogP contribution in [0.1, 0.15) is 15.9 Å². The Bertz CT molecular complexity index is 911. The molecule has 1 amide bonds. The number of ether oxygens (including phenoxy) is 3. The number of hydrogen-bond acceptors (Lipinski definition) is 5. The molecule has 27 heavy (non-hydrogen) atoms. The molecule has 8 heteroatoms. The zero-order chi connectivity index (χ0) is 19.4. The lowest BCUT2D eigenvalue weighted by Gasteiger charge is -2.17. The minimum atomic E-state index is -2.96. The van der Waals surface area contributed by atoms with Crippen LogP contribution in [0.25, 0.3) is 6.08 Å². The zero-order valence-electron chi connectivity index (χ0n) is 14.2. The molecule has 2 aromatic rings. The van der Waals surface area contributed by atoms with Crippen molar-refractivity contribution in [3.8, 4) is 17.2 Å². The summed E-state index contributed by atoms with van der Waals surface area (Å²) in [4.78, 5) is 23.7. The number of hydrogen-bond donors (Lipinski definition) is 1. The largest absolute Gasteiger partial charge is 0.493 e. The highest BCUT2D eigenvalue weighted by atomic mass is 19.3. The van der Waals surface area contributed by atoms with Crippen molar-refractivity contribution in [1.82, 2.24) is 0 Å². The summed E-state index contributed by atoms with van der Waals surface area (Å²) < 4.78 is 39.3. The van der Waals surface area contributed by atoms with Gasteiger partial charge in [-0.2, -0.15) is 8.78 Å². The van der Waals surface area contributed by atoms with Crippen LogP contribution in [0.2, 0.25) is 0 Å². The van der Waals surface area contributed by atoms with Gasteiger partial charge in [0.1, 0.15) is 5.75 Å².